The molecule has 2 heteroatoms. The fraction of sp³-hybridized carbons (Fsp3) is 0.750. The Morgan fingerprint density at radius 3 is 2.60 bits per heavy atom. The first-order chi connectivity index (χ1) is 4.64. The molecule has 0 N–H and O–H groups in total. The van der Waals surface area contributed by atoms with E-state index in [1.165, 1.54) is 0 Å². The third-order valence-corrected chi connectivity index (χ3v) is 1.44. The zero-order chi connectivity index (χ0) is 7.61. The number of hydrogen-bond donors (Lipinski definition) is 0. The van der Waals surface area contributed by atoms with Gasteiger partial charge in [-0.15, -0.1) is 0 Å². The topological polar surface area (TPSA) is 18.5 Å². The Hall–Kier alpha value is -0.340. The number of hydrogen-bond acceptors (Lipinski definition) is 2. The molecule has 0 saturated carbocycles. The SMILES string of the molecule is CC=C[C@H]1COC(C)(C)O1. The summed E-state index contributed by atoms with van der Waals surface area (Å²) in [6.07, 6.45) is 4.14. The molecule has 1 heterocycles. The van der Waals surface area contributed by atoms with Crippen molar-refractivity contribution >= 4 is 0 Å². The van der Waals surface area contributed by atoms with Crippen molar-refractivity contribution in [2.75, 3.05) is 6.61 Å². The Kier molecular flexibility index (Phi) is 2.11. The Bertz CT molecular complexity index is 138. The van der Waals surface area contributed by atoms with E-state index in [1.54, 1.807) is 0 Å². The number of ether oxygens (including phenoxy) is 2. The highest BCUT2D eigenvalue weighted by atomic mass is 16.7. The number of allylic oxidation sites excluding steroid dienone is 1. The molecule has 0 radical (unpaired) electrons. The van der Waals surface area contributed by atoms with Crippen LogP contribution in [0.4, 0.5) is 0 Å². The predicted octanol–water partition coefficient (Wildman–Crippen LogP) is 1.71. The van der Waals surface area contributed by atoms with E-state index < -0.39 is 0 Å². The van der Waals surface area contributed by atoms with Crippen molar-refractivity contribution in [3.8, 4) is 0 Å². The van der Waals surface area contributed by atoms with Gasteiger partial charge in [0.15, 0.2) is 5.79 Å². The molecule has 0 aliphatic carbocycles. The summed E-state index contributed by atoms with van der Waals surface area (Å²) >= 11 is 0. The van der Waals surface area contributed by atoms with Crippen molar-refractivity contribution in [2.45, 2.75) is 32.7 Å². The van der Waals surface area contributed by atoms with Crippen LogP contribution in [0, 0.1) is 0 Å². The van der Waals surface area contributed by atoms with Gasteiger partial charge in [-0.2, -0.15) is 0 Å². The molecule has 0 aromatic rings. The summed E-state index contributed by atoms with van der Waals surface area (Å²) in [7, 11) is 0. The second-order valence-corrected chi connectivity index (χ2v) is 2.89. The molecule has 0 unspecified atom stereocenters. The van der Waals surface area contributed by atoms with Crippen molar-refractivity contribution in [3.63, 3.8) is 0 Å². The van der Waals surface area contributed by atoms with Gasteiger partial charge in [-0.25, -0.2) is 0 Å². The van der Waals surface area contributed by atoms with E-state index in [0.29, 0.717) is 6.61 Å². The minimum Gasteiger partial charge on any atom is -0.347 e. The van der Waals surface area contributed by atoms with E-state index in [9.17, 15) is 0 Å². The van der Waals surface area contributed by atoms with Gasteiger partial charge in [-0.05, 0) is 20.8 Å². The van der Waals surface area contributed by atoms with E-state index in [1.807, 2.05) is 32.9 Å². The summed E-state index contributed by atoms with van der Waals surface area (Å²) in [6.45, 7) is 6.51. The Morgan fingerprint density at radius 1 is 1.50 bits per heavy atom. The van der Waals surface area contributed by atoms with Crippen LogP contribution in [0.1, 0.15) is 20.8 Å². The fourth-order valence-electron chi connectivity index (χ4n) is 1.02. The van der Waals surface area contributed by atoms with Crippen molar-refractivity contribution in [3.05, 3.63) is 12.2 Å². The van der Waals surface area contributed by atoms with Gasteiger partial charge in [0.1, 0.15) is 6.10 Å². The van der Waals surface area contributed by atoms with Crippen LogP contribution in [0.3, 0.4) is 0 Å². The molecule has 0 bridgehead atoms. The lowest BCUT2D eigenvalue weighted by molar-refractivity contribution is -0.133. The van der Waals surface area contributed by atoms with Gasteiger partial charge in [-0.3, -0.25) is 0 Å². The third kappa shape index (κ3) is 1.82. The van der Waals surface area contributed by atoms with Crippen LogP contribution in [0.2, 0.25) is 0 Å². The molecule has 1 aliphatic rings. The van der Waals surface area contributed by atoms with Gasteiger partial charge in [0.2, 0.25) is 0 Å². The molecule has 2 nitrogen and oxygen atoms in total. The lowest BCUT2D eigenvalue weighted by atomic mass is 10.3. The summed E-state index contributed by atoms with van der Waals surface area (Å²) in [6, 6.07) is 0. The standard InChI is InChI=1S/C8H14O2/c1-4-5-7-6-9-8(2,3)10-7/h4-5,7H,6H2,1-3H3/t7-/m0/s1. The highest BCUT2D eigenvalue weighted by Crippen LogP contribution is 2.22. The number of rotatable bonds is 1. The van der Waals surface area contributed by atoms with Crippen LogP contribution < -0.4 is 0 Å². The first kappa shape index (κ1) is 7.76. The summed E-state index contributed by atoms with van der Waals surface area (Å²) in [5, 5.41) is 0. The van der Waals surface area contributed by atoms with Gasteiger partial charge in [0.05, 0.1) is 6.61 Å². The first-order valence-electron chi connectivity index (χ1n) is 3.58. The van der Waals surface area contributed by atoms with Gasteiger partial charge in [0.25, 0.3) is 0 Å². The third-order valence-electron chi connectivity index (χ3n) is 1.44. The van der Waals surface area contributed by atoms with Crippen molar-refractivity contribution in [2.24, 2.45) is 0 Å². The Balaban J connectivity index is 2.43. The minimum absolute atomic E-state index is 0.153. The van der Waals surface area contributed by atoms with E-state index in [4.69, 9.17) is 9.47 Å². The van der Waals surface area contributed by atoms with E-state index in [0.717, 1.165) is 0 Å². The normalized spacial score (nSPS) is 31.7. The molecule has 0 spiro atoms. The summed E-state index contributed by atoms with van der Waals surface area (Å²) < 4.78 is 10.8. The zero-order valence-corrected chi connectivity index (χ0v) is 6.76. The molecular weight excluding hydrogens is 128 g/mol. The average molecular weight is 142 g/mol. The second-order valence-electron chi connectivity index (χ2n) is 2.89. The molecule has 1 aliphatic heterocycles. The largest absolute Gasteiger partial charge is 0.347 e. The van der Waals surface area contributed by atoms with Crippen LogP contribution in [0.25, 0.3) is 0 Å². The smallest absolute Gasteiger partial charge is 0.163 e. The molecule has 0 amide bonds. The monoisotopic (exact) mass is 142 g/mol. The summed E-state index contributed by atoms with van der Waals surface area (Å²) in [5.41, 5.74) is 0. The molecule has 10 heavy (non-hydrogen) atoms. The van der Waals surface area contributed by atoms with Crippen LogP contribution in [0.5, 0.6) is 0 Å². The summed E-state index contributed by atoms with van der Waals surface area (Å²) in [4.78, 5) is 0. The van der Waals surface area contributed by atoms with Crippen LogP contribution in [-0.4, -0.2) is 18.5 Å². The van der Waals surface area contributed by atoms with Crippen molar-refractivity contribution in [1.82, 2.24) is 0 Å². The van der Waals surface area contributed by atoms with Crippen LogP contribution in [-0.2, 0) is 9.47 Å². The fourth-order valence-corrected chi connectivity index (χ4v) is 1.02. The first-order valence-corrected chi connectivity index (χ1v) is 3.58. The maximum absolute atomic E-state index is 5.48. The summed E-state index contributed by atoms with van der Waals surface area (Å²) in [5.74, 6) is -0.385. The van der Waals surface area contributed by atoms with Crippen LogP contribution in [0.15, 0.2) is 12.2 Å². The lowest BCUT2D eigenvalue weighted by Crippen LogP contribution is -2.20. The van der Waals surface area contributed by atoms with Gasteiger partial charge in [-0.1, -0.05) is 12.2 Å². The highest BCUT2D eigenvalue weighted by Gasteiger charge is 2.30. The van der Waals surface area contributed by atoms with E-state index >= 15 is 0 Å². The second kappa shape index (κ2) is 2.72. The maximum Gasteiger partial charge on any atom is 0.163 e. The Labute approximate surface area is 61.8 Å². The molecule has 0 aromatic heterocycles. The quantitative estimate of drug-likeness (QED) is 0.519. The lowest BCUT2D eigenvalue weighted by Gasteiger charge is -2.15. The maximum atomic E-state index is 5.48. The molecule has 58 valence electrons. The van der Waals surface area contributed by atoms with Crippen molar-refractivity contribution in [1.29, 1.82) is 0 Å². The molecule has 0 aromatic carbocycles. The zero-order valence-electron chi connectivity index (χ0n) is 6.76. The molecule has 1 rings (SSSR count). The highest BCUT2D eigenvalue weighted by molar-refractivity contribution is 4.90. The molecule has 1 saturated heterocycles. The minimum atomic E-state index is -0.385. The average Bonchev–Trinajstić information content (AvgIpc) is 2.12. The Morgan fingerprint density at radius 2 is 2.20 bits per heavy atom. The molecule has 1 fully saturated rings. The molecular formula is C8H14O2. The van der Waals surface area contributed by atoms with Gasteiger partial charge in [0, 0.05) is 0 Å². The van der Waals surface area contributed by atoms with Gasteiger partial charge < -0.3 is 9.47 Å². The van der Waals surface area contributed by atoms with Gasteiger partial charge >= 0.3 is 0 Å². The molecule has 1 atom stereocenters. The predicted molar refractivity (Wildman–Crippen MR) is 39.7 cm³/mol. The van der Waals surface area contributed by atoms with E-state index in [2.05, 4.69) is 0 Å². The van der Waals surface area contributed by atoms with Crippen molar-refractivity contribution < 1.29 is 9.47 Å². The van der Waals surface area contributed by atoms with Crippen LogP contribution >= 0.6 is 0 Å². The van der Waals surface area contributed by atoms with E-state index in [-0.39, 0.29) is 11.9 Å².